The molecule has 1 fully saturated rings. The highest BCUT2D eigenvalue weighted by Gasteiger charge is 2.18. The summed E-state index contributed by atoms with van der Waals surface area (Å²) in [5.74, 6) is 0.925. The van der Waals surface area contributed by atoms with E-state index in [-0.39, 0.29) is 17.2 Å². The number of hydrogen-bond acceptors (Lipinski definition) is 7. The van der Waals surface area contributed by atoms with Gasteiger partial charge in [-0.05, 0) is 24.3 Å². The molecule has 0 bridgehead atoms. The Morgan fingerprint density at radius 2 is 2.04 bits per heavy atom. The number of ether oxygens (including phenoxy) is 2. The molecule has 1 N–H and O–H groups in total. The van der Waals surface area contributed by atoms with E-state index in [1.54, 1.807) is 16.7 Å². The summed E-state index contributed by atoms with van der Waals surface area (Å²) >= 11 is 1.20. The average molecular weight is 401 g/mol. The Morgan fingerprint density at radius 1 is 1.29 bits per heavy atom. The molecule has 10 heteroatoms. The van der Waals surface area contributed by atoms with Crippen LogP contribution >= 0.6 is 11.8 Å². The first-order valence-electron chi connectivity index (χ1n) is 8.76. The van der Waals surface area contributed by atoms with Crippen LogP contribution in [0.2, 0.25) is 0 Å². The Labute approximate surface area is 164 Å². The number of thioether (sulfide) groups is 1. The Morgan fingerprint density at radius 3 is 2.75 bits per heavy atom. The van der Waals surface area contributed by atoms with Gasteiger partial charge in [-0.15, -0.1) is 0 Å². The quantitative estimate of drug-likeness (QED) is 0.504. The Hall–Kier alpha value is -2.85. The third kappa shape index (κ3) is 3.73. The lowest BCUT2D eigenvalue weighted by molar-refractivity contribution is -0.132. The third-order valence-corrected chi connectivity index (χ3v) is 5.29. The van der Waals surface area contributed by atoms with Crippen LogP contribution in [0.15, 0.2) is 40.4 Å². The third-order valence-electron chi connectivity index (χ3n) is 4.43. The second-order valence-electron chi connectivity index (χ2n) is 6.14. The van der Waals surface area contributed by atoms with E-state index in [4.69, 9.17) is 9.47 Å². The fraction of sp³-hybridized carbons (Fsp3) is 0.333. The smallest absolute Gasteiger partial charge is 0.262 e. The average Bonchev–Trinajstić information content (AvgIpc) is 3.17. The molecule has 9 nitrogen and oxygen atoms in total. The summed E-state index contributed by atoms with van der Waals surface area (Å²) in [6.07, 6.45) is 1.48. The largest absolute Gasteiger partial charge is 0.497 e. The molecule has 3 aromatic rings. The van der Waals surface area contributed by atoms with E-state index in [1.165, 1.54) is 18.0 Å². The maximum absolute atomic E-state index is 12.4. The van der Waals surface area contributed by atoms with Gasteiger partial charge in [0.1, 0.15) is 11.1 Å². The standard InChI is InChI=1S/C18H19N5O4S/c1-26-13-4-2-12(3-5-13)23-16-14(10-19-23)17(25)21-18(20-16)28-11-15(24)22-6-8-27-9-7-22/h2-5,10H,6-9,11H2,1H3,(H,20,21,25). The number of nitrogens with zero attached hydrogens (tertiary/aromatic N) is 4. The monoisotopic (exact) mass is 401 g/mol. The number of hydrogen-bond donors (Lipinski definition) is 1. The van der Waals surface area contributed by atoms with E-state index >= 15 is 0 Å². The number of benzene rings is 1. The number of carbonyl (C=O) groups is 1. The van der Waals surface area contributed by atoms with Crippen molar-refractivity contribution in [1.29, 1.82) is 0 Å². The van der Waals surface area contributed by atoms with Crippen LogP contribution in [0.3, 0.4) is 0 Å². The molecule has 146 valence electrons. The summed E-state index contributed by atoms with van der Waals surface area (Å²) in [7, 11) is 1.60. The van der Waals surface area contributed by atoms with Gasteiger partial charge >= 0.3 is 0 Å². The minimum Gasteiger partial charge on any atom is -0.497 e. The molecule has 1 aliphatic heterocycles. The molecular formula is C18H19N5O4S. The van der Waals surface area contributed by atoms with Crippen LogP contribution in [-0.4, -0.2) is 69.7 Å². The minimum atomic E-state index is -0.286. The zero-order chi connectivity index (χ0) is 19.5. The van der Waals surface area contributed by atoms with Crippen molar-refractivity contribution in [2.24, 2.45) is 0 Å². The number of morpholine rings is 1. The SMILES string of the molecule is COc1ccc(-n2ncc3c(=O)[nH]c(SCC(=O)N4CCOCC4)nc32)cc1. The molecule has 0 saturated carbocycles. The van der Waals surface area contributed by atoms with Crippen molar-refractivity contribution in [2.75, 3.05) is 39.2 Å². The van der Waals surface area contributed by atoms with E-state index in [2.05, 4.69) is 15.1 Å². The number of rotatable bonds is 5. The van der Waals surface area contributed by atoms with Gasteiger partial charge in [0.25, 0.3) is 5.56 Å². The number of aromatic nitrogens is 4. The van der Waals surface area contributed by atoms with E-state index in [9.17, 15) is 9.59 Å². The second-order valence-corrected chi connectivity index (χ2v) is 7.11. The first-order chi connectivity index (χ1) is 13.7. The summed E-state index contributed by atoms with van der Waals surface area (Å²) < 4.78 is 12.0. The van der Waals surface area contributed by atoms with Gasteiger partial charge in [-0.2, -0.15) is 5.10 Å². The Bertz CT molecular complexity index is 1040. The number of H-pyrrole nitrogens is 1. The normalized spacial score (nSPS) is 14.4. The van der Waals surface area contributed by atoms with Crippen molar-refractivity contribution in [2.45, 2.75) is 5.16 Å². The molecule has 28 heavy (non-hydrogen) atoms. The Balaban J connectivity index is 1.58. The van der Waals surface area contributed by atoms with Crippen molar-refractivity contribution >= 4 is 28.7 Å². The van der Waals surface area contributed by atoms with Crippen LogP contribution in [0.5, 0.6) is 5.75 Å². The van der Waals surface area contributed by atoms with E-state index in [0.717, 1.165) is 11.4 Å². The molecular weight excluding hydrogens is 382 g/mol. The predicted octanol–water partition coefficient (Wildman–Crippen LogP) is 1.07. The predicted molar refractivity (Wildman–Crippen MR) is 104 cm³/mol. The lowest BCUT2D eigenvalue weighted by Crippen LogP contribution is -2.41. The molecule has 1 aliphatic rings. The minimum absolute atomic E-state index is 0.000270. The molecule has 0 radical (unpaired) electrons. The number of aromatic amines is 1. The van der Waals surface area contributed by atoms with Crippen LogP contribution in [0.25, 0.3) is 16.7 Å². The summed E-state index contributed by atoms with van der Waals surface area (Å²) in [5.41, 5.74) is 0.913. The van der Waals surface area contributed by atoms with Crippen molar-refractivity contribution in [1.82, 2.24) is 24.6 Å². The van der Waals surface area contributed by atoms with E-state index in [0.29, 0.717) is 42.5 Å². The van der Waals surface area contributed by atoms with Gasteiger partial charge in [-0.1, -0.05) is 11.8 Å². The van der Waals surface area contributed by atoms with Gasteiger partial charge in [0.05, 0.1) is 38.0 Å². The molecule has 0 unspecified atom stereocenters. The van der Waals surface area contributed by atoms with E-state index in [1.807, 2.05) is 24.3 Å². The van der Waals surface area contributed by atoms with Crippen LogP contribution in [-0.2, 0) is 9.53 Å². The molecule has 0 aliphatic carbocycles. The van der Waals surface area contributed by atoms with Gasteiger partial charge in [-0.25, -0.2) is 9.67 Å². The van der Waals surface area contributed by atoms with Gasteiger partial charge < -0.3 is 19.4 Å². The number of carbonyl (C=O) groups excluding carboxylic acids is 1. The fourth-order valence-electron chi connectivity index (χ4n) is 2.91. The number of methoxy groups -OCH3 is 1. The molecule has 1 amide bonds. The summed E-state index contributed by atoms with van der Waals surface area (Å²) in [4.78, 5) is 33.7. The highest BCUT2D eigenvalue weighted by atomic mass is 32.2. The molecule has 2 aromatic heterocycles. The molecule has 0 spiro atoms. The molecule has 3 heterocycles. The molecule has 0 atom stereocenters. The number of fused-ring (bicyclic) bond motifs is 1. The van der Waals surface area contributed by atoms with Crippen molar-refractivity contribution in [3.8, 4) is 11.4 Å². The maximum atomic E-state index is 12.4. The Kier molecular flexibility index (Phi) is 5.31. The van der Waals surface area contributed by atoms with Gasteiger partial charge in [-0.3, -0.25) is 9.59 Å². The number of amides is 1. The molecule has 4 rings (SSSR count). The van der Waals surface area contributed by atoms with E-state index < -0.39 is 0 Å². The van der Waals surface area contributed by atoms with Crippen LogP contribution in [0.1, 0.15) is 0 Å². The summed E-state index contributed by atoms with van der Waals surface area (Å²) in [5, 5.41) is 5.06. The van der Waals surface area contributed by atoms with Crippen molar-refractivity contribution < 1.29 is 14.3 Å². The highest BCUT2D eigenvalue weighted by Crippen LogP contribution is 2.20. The summed E-state index contributed by atoms with van der Waals surface area (Å²) in [6.45, 7) is 2.29. The highest BCUT2D eigenvalue weighted by molar-refractivity contribution is 7.99. The van der Waals surface area contributed by atoms with Crippen LogP contribution in [0.4, 0.5) is 0 Å². The molecule has 1 aromatic carbocycles. The lowest BCUT2D eigenvalue weighted by atomic mass is 10.3. The topological polar surface area (TPSA) is 102 Å². The van der Waals surface area contributed by atoms with Crippen molar-refractivity contribution in [3.05, 3.63) is 40.8 Å². The van der Waals surface area contributed by atoms with Crippen LogP contribution in [0, 0.1) is 0 Å². The zero-order valence-electron chi connectivity index (χ0n) is 15.3. The zero-order valence-corrected chi connectivity index (χ0v) is 16.1. The number of nitrogens with one attached hydrogen (secondary N) is 1. The van der Waals surface area contributed by atoms with Crippen LogP contribution < -0.4 is 10.3 Å². The van der Waals surface area contributed by atoms with Gasteiger partial charge in [0.15, 0.2) is 10.8 Å². The second kappa shape index (κ2) is 8.03. The van der Waals surface area contributed by atoms with Gasteiger partial charge in [0.2, 0.25) is 5.91 Å². The lowest BCUT2D eigenvalue weighted by Gasteiger charge is -2.26. The first-order valence-corrected chi connectivity index (χ1v) is 9.75. The first kappa shape index (κ1) is 18.5. The fourth-order valence-corrected chi connectivity index (χ4v) is 3.67. The maximum Gasteiger partial charge on any atom is 0.262 e. The van der Waals surface area contributed by atoms with Gasteiger partial charge in [0, 0.05) is 13.1 Å². The summed E-state index contributed by atoms with van der Waals surface area (Å²) in [6, 6.07) is 7.30. The molecule has 1 saturated heterocycles. The van der Waals surface area contributed by atoms with Crippen molar-refractivity contribution in [3.63, 3.8) is 0 Å².